The van der Waals surface area contributed by atoms with Crippen LogP contribution in [0.2, 0.25) is 0 Å². The number of aryl methyl sites for hydroxylation is 1. The molecule has 0 aliphatic heterocycles. The van der Waals surface area contributed by atoms with E-state index < -0.39 is 9.84 Å². The molecule has 0 aliphatic rings. The van der Waals surface area contributed by atoms with Crippen molar-refractivity contribution in [2.75, 3.05) is 12.0 Å². The second-order valence-corrected chi connectivity index (χ2v) is 6.08. The Bertz CT molecular complexity index is 411. The Balaban J connectivity index is 2.37. The summed E-state index contributed by atoms with van der Waals surface area (Å²) in [4.78, 5) is 0. The van der Waals surface area contributed by atoms with Crippen LogP contribution >= 0.6 is 0 Å². The molecule has 0 spiro atoms. The number of nitrogens with one attached hydrogen (secondary N) is 1. The number of hydrogen-bond donors (Lipinski definition) is 1. The normalized spacial score (nSPS) is 14.1. The lowest BCUT2D eigenvalue weighted by atomic mass is 10.3. The predicted octanol–water partition coefficient (Wildman–Crippen LogP) is -0.0572. The van der Waals surface area contributed by atoms with Crippen LogP contribution < -0.4 is 5.32 Å². The van der Waals surface area contributed by atoms with Crippen molar-refractivity contribution in [3.63, 3.8) is 0 Å². The van der Waals surface area contributed by atoms with E-state index in [0.717, 1.165) is 5.56 Å². The summed E-state index contributed by atoms with van der Waals surface area (Å²) < 4.78 is 23.7. The molecule has 1 unspecified atom stereocenters. The lowest BCUT2D eigenvalue weighted by molar-refractivity contribution is 0.560. The van der Waals surface area contributed by atoms with Crippen molar-refractivity contribution in [3.05, 3.63) is 18.0 Å². The van der Waals surface area contributed by atoms with E-state index in [4.69, 9.17) is 0 Å². The van der Waals surface area contributed by atoms with Crippen molar-refractivity contribution in [1.82, 2.24) is 15.1 Å². The highest BCUT2D eigenvalue weighted by molar-refractivity contribution is 7.90. The Hall–Kier alpha value is -0.880. The zero-order valence-corrected chi connectivity index (χ0v) is 10.1. The SMILES string of the molecule is CC(CS(C)(=O)=O)NCc1cnn(C)c1. The van der Waals surface area contributed by atoms with Gasteiger partial charge in [0, 0.05) is 37.7 Å². The Labute approximate surface area is 90.4 Å². The maximum absolute atomic E-state index is 11.0. The number of aromatic nitrogens is 2. The van der Waals surface area contributed by atoms with Crippen LogP contribution in [-0.4, -0.2) is 36.2 Å². The van der Waals surface area contributed by atoms with Crippen LogP contribution in [0.4, 0.5) is 0 Å². The molecule has 0 aromatic carbocycles. The third-order valence-electron chi connectivity index (χ3n) is 1.97. The van der Waals surface area contributed by atoms with E-state index in [1.165, 1.54) is 6.26 Å². The van der Waals surface area contributed by atoms with Crippen LogP contribution in [0.15, 0.2) is 12.4 Å². The molecule has 1 aromatic heterocycles. The Kier molecular flexibility index (Phi) is 3.87. The Morgan fingerprint density at radius 2 is 2.27 bits per heavy atom. The highest BCUT2D eigenvalue weighted by Gasteiger charge is 2.09. The van der Waals surface area contributed by atoms with Gasteiger partial charge in [0.2, 0.25) is 0 Å². The smallest absolute Gasteiger partial charge is 0.148 e. The van der Waals surface area contributed by atoms with Crippen molar-refractivity contribution in [2.24, 2.45) is 7.05 Å². The lowest BCUT2D eigenvalue weighted by Gasteiger charge is -2.11. The van der Waals surface area contributed by atoms with Crippen LogP contribution in [0, 0.1) is 0 Å². The van der Waals surface area contributed by atoms with Gasteiger partial charge in [-0.2, -0.15) is 5.10 Å². The van der Waals surface area contributed by atoms with Crippen molar-refractivity contribution >= 4 is 9.84 Å². The largest absolute Gasteiger partial charge is 0.309 e. The van der Waals surface area contributed by atoms with E-state index in [-0.39, 0.29) is 11.8 Å². The molecule has 5 nitrogen and oxygen atoms in total. The molecule has 1 aromatic rings. The van der Waals surface area contributed by atoms with Gasteiger partial charge in [-0.1, -0.05) is 0 Å². The van der Waals surface area contributed by atoms with Crippen molar-refractivity contribution in [3.8, 4) is 0 Å². The van der Waals surface area contributed by atoms with Crippen LogP contribution in [0.3, 0.4) is 0 Å². The second-order valence-electron chi connectivity index (χ2n) is 3.90. The van der Waals surface area contributed by atoms with Crippen molar-refractivity contribution < 1.29 is 8.42 Å². The fourth-order valence-corrected chi connectivity index (χ4v) is 2.39. The molecule has 0 fully saturated rings. The lowest BCUT2D eigenvalue weighted by Crippen LogP contribution is -2.32. The minimum Gasteiger partial charge on any atom is -0.309 e. The van der Waals surface area contributed by atoms with Crippen molar-refractivity contribution in [2.45, 2.75) is 19.5 Å². The minimum absolute atomic E-state index is 0.0415. The van der Waals surface area contributed by atoms with Crippen LogP contribution in [0.1, 0.15) is 12.5 Å². The van der Waals surface area contributed by atoms with E-state index >= 15 is 0 Å². The third kappa shape index (κ3) is 4.94. The fourth-order valence-electron chi connectivity index (χ4n) is 1.37. The van der Waals surface area contributed by atoms with Gasteiger partial charge in [0.1, 0.15) is 9.84 Å². The molecule has 86 valence electrons. The molecular weight excluding hydrogens is 214 g/mol. The monoisotopic (exact) mass is 231 g/mol. The van der Waals surface area contributed by atoms with Crippen LogP contribution in [0.25, 0.3) is 0 Å². The average Bonchev–Trinajstić information content (AvgIpc) is 2.45. The third-order valence-corrected chi connectivity index (χ3v) is 3.07. The molecule has 1 N–H and O–H groups in total. The number of sulfone groups is 1. The summed E-state index contributed by atoms with van der Waals surface area (Å²) in [7, 11) is -1.06. The topological polar surface area (TPSA) is 64.0 Å². The van der Waals surface area contributed by atoms with Gasteiger partial charge >= 0.3 is 0 Å². The first-order valence-corrected chi connectivity index (χ1v) is 6.81. The molecule has 1 rings (SSSR count). The molecule has 0 bridgehead atoms. The van der Waals surface area contributed by atoms with Crippen LogP contribution in [-0.2, 0) is 23.4 Å². The van der Waals surface area contributed by atoms with Gasteiger partial charge in [0.15, 0.2) is 0 Å². The summed E-state index contributed by atoms with van der Waals surface area (Å²) in [5, 5.41) is 7.16. The second kappa shape index (κ2) is 4.76. The molecule has 15 heavy (non-hydrogen) atoms. The number of hydrogen-bond acceptors (Lipinski definition) is 4. The van der Waals surface area contributed by atoms with Gasteiger partial charge in [-0.15, -0.1) is 0 Å². The van der Waals surface area contributed by atoms with Gasteiger partial charge in [0.05, 0.1) is 11.9 Å². The zero-order chi connectivity index (χ0) is 11.5. The molecule has 0 radical (unpaired) electrons. The molecule has 0 aliphatic carbocycles. The summed E-state index contributed by atoms with van der Waals surface area (Å²) in [6.07, 6.45) is 4.91. The minimum atomic E-state index is -2.91. The number of nitrogens with zero attached hydrogens (tertiary/aromatic N) is 2. The maximum atomic E-state index is 11.0. The quantitative estimate of drug-likeness (QED) is 0.771. The van der Waals surface area contributed by atoms with Crippen LogP contribution in [0.5, 0.6) is 0 Å². The fraction of sp³-hybridized carbons (Fsp3) is 0.667. The highest BCUT2D eigenvalue weighted by Crippen LogP contribution is 1.97. The van der Waals surface area contributed by atoms with Crippen molar-refractivity contribution in [1.29, 1.82) is 0 Å². The average molecular weight is 231 g/mol. The Morgan fingerprint density at radius 3 is 2.73 bits per heavy atom. The number of rotatable bonds is 5. The summed E-state index contributed by atoms with van der Waals surface area (Å²) in [5.41, 5.74) is 1.05. The van der Waals surface area contributed by atoms with E-state index in [1.54, 1.807) is 10.9 Å². The van der Waals surface area contributed by atoms with Gasteiger partial charge in [0.25, 0.3) is 0 Å². The van der Waals surface area contributed by atoms with E-state index in [2.05, 4.69) is 10.4 Å². The molecular formula is C9H17N3O2S. The Morgan fingerprint density at radius 1 is 1.60 bits per heavy atom. The molecule has 6 heteroatoms. The first-order chi connectivity index (χ1) is 6.87. The molecule has 0 amide bonds. The standard InChI is InChI=1S/C9H17N3O2S/c1-8(7-15(3,13)14)10-4-9-5-11-12(2)6-9/h5-6,8,10H,4,7H2,1-3H3. The van der Waals surface area contributed by atoms with Gasteiger partial charge < -0.3 is 5.32 Å². The molecule has 1 heterocycles. The summed E-state index contributed by atoms with van der Waals surface area (Å²) in [5.74, 6) is 0.160. The van der Waals surface area contributed by atoms with Gasteiger partial charge in [-0.25, -0.2) is 8.42 Å². The van der Waals surface area contributed by atoms with E-state index in [0.29, 0.717) is 6.54 Å². The highest BCUT2D eigenvalue weighted by atomic mass is 32.2. The molecule has 1 atom stereocenters. The summed E-state index contributed by atoms with van der Waals surface area (Å²) in [6.45, 7) is 2.50. The maximum Gasteiger partial charge on any atom is 0.148 e. The zero-order valence-electron chi connectivity index (χ0n) is 9.27. The first kappa shape index (κ1) is 12.2. The van der Waals surface area contributed by atoms with E-state index in [1.807, 2.05) is 20.2 Å². The van der Waals surface area contributed by atoms with Gasteiger partial charge in [-0.05, 0) is 6.92 Å². The molecule has 0 saturated carbocycles. The van der Waals surface area contributed by atoms with E-state index in [9.17, 15) is 8.42 Å². The molecule has 0 saturated heterocycles. The van der Waals surface area contributed by atoms with Gasteiger partial charge in [-0.3, -0.25) is 4.68 Å². The first-order valence-electron chi connectivity index (χ1n) is 4.75. The summed E-state index contributed by atoms with van der Waals surface area (Å²) >= 11 is 0. The summed E-state index contributed by atoms with van der Waals surface area (Å²) in [6, 6.07) is -0.0415. The predicted molar refractivity (Wildman–Crippen MR) is 59.2 cm³/mol.